The molecule has 88 valence electrons. The number of halogens is 3. The minimum absolute atomic E-state index is 0.706. The Balaban J connectivity index is 2.40. The van der Waals surface area contributed by atoms with Gasteiger partial charge in [0.25, 0.3) is 9.31 Å². The van der Waals surface area contributed by atoms with E-state index in [1.54, 1.807) is 18.3 Å². The van der Waals surface area contributed by atoms with Gasteiger partial charge in [-0.1, -0.05) is 46.9 Å². The summed E-state index contributed by atoms with van der Waals surface area (Å²) in [4.78, 5) is 16.4. The van der Waals surface area contributed by atoms with E-state index in [1.807, 2.05) is 24.3 Å². The lowest BCUT2D eigenvalue weighted by atomic mass is 10.2. The molecule has 0 spiro atoms. The molecule has 0 amide bonds. The first-order valence-corrected chi connectivity index (χ1v) is 5.81. The average Bonchev–Trinajstić information content (AvgIpc) is 2.28. The number of hydrogen-bond donors (Lipinski definition) is 0. The molecule has 0 fully saturated rings. The predicted octanol–water partition coefficient (Wildman–Crippen LogP) is 2.45. The van der Waals surface area contributed by atoms with Crippen molar-refractivity contribution in [3.63, 3.8) is 0 Å². The van der Waals surface area contributed by atoms with Crippen LogP contribution in [0.25, 0.3) is 10.9 Å². The van der Waals surface area contributed by atoms with E-state index in [1.165, 1.54) is 4.73 Å². The SMILES string of the molecule is O=C(O[n+]1cccc2ccccc21)C(Cl)(Cl)Cl. The van der Waals surface area contributed by atoms with Crippen molar-refractivity contribution in [2.75, 3.05) is 0 Å². The van der Waals surface area contributed by atoms with Crippen LogP contribution in [-0.4, -0.2) is 9.76 Å². The topological polar surface area (TPSA) is 30.2 Å². The van der Waals surface area contributed by atoms with E-state index in [2.05, 4.69) is 0 Å². The van der Waals surface area contributed by atoms with E-state index in [4.69, 9.17) is 39.6 Å². The average molecular weight is 292 g/mol. The third-order valence-corrected chi connectivity index (χ3v) is 2.55. The second kappa shape index (κ2) is 4.69. The highest BCUT2D eigenvalue weighted by atomic mass is 35.6. The fourth-order valence-electron chi connectivity index (χ4n) is 1.36. The van der Waals surface area contributed by atoms with Gasteiger partial charge in [0.05, 0.1) is 5.39 Å². The molecule has 0 aliphatic carbocycles. The van der Waals surface area contributed by atoms with Crippen molar-refractivity contribution >= 4 is 51.7 Å². The second-order valence-corrected chi connectivity index (χ2v) is 5.55. The molecule has 0 radical (unpaired) electrons. The van der Waals surface area contributed by atoms with Crippen molar-refractivity contribution in [3.8, 4) is 0 Å². The summed E-state index contributed by atoms with van der Waals surface area (Å²) in [7, 11) is 0. The molecule has 0 N–H and O–H groups in total. The van der Waals surface area contributed by atoms with Crippen LogP contribution in [0.4, 0.5) is 0 Å². The Bertz CT molecular complexity index is 561. The zero-order chi connectivity index (χ0) is 12.5. The van der Waals surface area contributed by atoms with Crippen LogP contribution in [-0.2, 0) is 4.79 Å². The van der Waals surface area contributed by atoms with Crippen LogP contribution < -0.4 is 9.57 Å². The van der Waals surface area contributed by atoms with Crippen molar-refractivity contribution in [2.24, 2.45) is 0 Å². The van der Waals surface area contributed by atoms with Crippen molar-refractivity contribution in [2.45, 2.75) is 3.79 Å². The van der Waals surface area contributed by atoms with E-state index in [9.17, 15) is 4.79 Å². The first kappa shape index (κ1) is 12.4. The molecule has 1 aromatic carbocycles. The molecule has 2 aromatic rings. The van der Waals surface area contributed by atoms with E-state index in [-0.39, 0.29) is 0 Å². The fourth-order valence-corrected chi connectivity index (χ4v) is 1.46. The quantitative estimate of drug-likeness (QED) is 0.597. The number of benzene rings is 1. The van der Waals surface area contributed by atoms with Crippen LogP contribution in [0.3, 0.4) is 0 Å². The summed E-state index contributed by atoms with van der Waals surface area (Å²) in [5.74, 6) is -0.955. The van der Waals surface area contributed by atoms with Crippen LogP contribution in [0.5, 0.6) is 0 Å². The van der Waals surface area contributed by atoms with Crippen molar-refractivity contribution in [3.05, 3.63) is 42.6 Å². The van der Waals surface area contributed by atoms with Crippen LogP contribution >= 0.6 is 34.8 Å². The van der Waals surface area contributed by atoms with E-state index in [0.717, 1.165) is 5.39 Å². The second-order valence-electron chi connectivity index (χ2n) is 3.27. The maximum atomic E-state index is 11.4. The number of alkyl halides is 3. The molecule has 0 aliphatic rings. The highest BCUT2D eigenvalue weighted by molar-refractivity contribution is 6.75. The lowest BCUT2D eigenvalue weighted by Crippen LogP contribution is -2.49. The van der Waals surface area contributed by atoms with Gasteiger partial charge >= 0.3 is 5.97 Å². The lowest BCUT2D eigenvalue weighted by molar-refractivity contribution is -0.848. The third-order valence-electron chi connectivity index (χ3n) is 2.08. The zero-order valence-corrected chi connectivity index (χ0v) is 10.7. The van der Waals surface area contributed by atoms with Gasteiger partial charge in [0.1, 0.15) is 0 Å². The molecule has 3 nitrogen and oxygen atoms in total. The highest BCUT2D eigenvalue weighted by Gasteiger charge is 2.37. The molecule has 0 unspecified atom stereocenters. The number of fused-ring (bicyclic) bond motifs is 1. The standard InChI is InChI=1S/C11H7Cl3NO2/c12-11(13,14)10(16)17-15-7-3-5-8-4-1-2-6-9(8)15/h1-7H/q+1. The maximum Gasteiger partial charge on any atom is 0.431 e. The van der Waals surface area contributed by atoms with E-state index in [0.29, 0.717) is 5.52 Å². The number of carbonyl (C=O) groups is 1. The van der Waals surface area contributed by atoms with Crippen molar-refractivity contribution in [1.82, 2.24) is 0 Å². The van der Waals surface area contributed by atoms with Gasteiger partial charge in [0.15, 0.2) is 0 Å². The molecule has 0 saturated carbocycles. The summed E-state index contributed by atoms with van der Waals surface area (Å²) in [6.45, 7) is 0. The minimum atomic E-state index is -2.09. The number of pyridine rings is 1. The van der Waals surface area contributed by atoms with Crippen molar-refractivity contribution < 1.29 is 14.4 Å². The summed E-state index contributed by atoms with van der Waals surface area (Å²) in [6, 6.07) is 11.0. The zero-order valence-electron chi connectivity index (χ0n) is 8.44. The molecule has 6 heteroatoms. The number of rotatable bonds is 1. The summed E-state index contributed by atoms with van der Waals surface area (Å²) >= 11 is 16.3. The summed E-state index contributed by atoms with van der Waals surface area (Å²) in [5, 5.41) is 0.909. The van der Waals surface area contributed by atoms with Gasteiger partial charge in [-0.3, -0.25) is 0 Å². The monoisotopic (exact) mass is 290 g/mol. The van der Waals surface area contributed by atoms with Crippen LogP contribution in [0.15, 0.2) is 42.6 Å². The number of para-hydroxylation sites is 1. The van der Waals surface area contributed by atoms with Crippen LogP contribution in [0.1, 0.15) is 0 Å². The molecule has 0 bridgehead atoms. The van der Waals surface area contributed by atoms with Gasteiger partial charge in [0, 0.05) is 16.9 Å². The van der Waals surface area contributed by atoms with Gasteiger partial charge in [-0.25, -0.2) is 4.79 Å². The Morgan fingerprint density at radius 3 is 2.47 bits per heavy atom. The van der Waals surface area contributed by atoms with Gasteiger partial charge in [-0.15, -0.1) is 0 Å². The Morgan fingerprint density at radius 2 is 1.76 bits per heavy atom. The van der Waals surface area contributed by atoms with E-state index >= 15 is 0 Å². The molecule has 1 heterocycles. The number of nitrogens with zero attached hydrogens (tertiary/aromatic N) is 1. The molecular formula is C11H7Cl3NO2+. The minimum Gasteiger partial charge on any atom is -0.239 e. The van der Waals surface area contributed by atoms with Crippen LogP contribution in [0, 0.1) is 0 Å². The number of aromatic nitrogens is 1. The first-order valence-electron chi connectivity index (χ1n) is 4.67. The van der Waals surface area contributed by atoms with Gasteiger partial charge in [0.2, 0.25) is 6.20 Å². The van der Waals surface area contributed by atoms with Crippen LogP contribution in [0.2, 0.25) is 0 Å². The molecule has 17 heavy (non-hydrogen) atoms. The smallest absolute Gasteiger partial charge is 0.239 e. The van der Waals surface area contributed by atoms with Gasteiger partial charge < -0.3 is 0 Å². The van der Waals surface area contributed by atoms with Gasteiger partial charge in [-0.05, 0) is 12.1 Å². The molecule has 0 aliphatic heterocycles. The Labute approximate surface area is 112 Å². The molecule has 0 saturated heterocycles. The molecule has 0 atom stereocenters. The normalized spacial score (nSPS) is 11.5. The van der Waals surface area contributed by atoms with E-state index < -0.39 is 9.76 Å². The predicted molar refractivity (Wildman–Crippen MR) is 66.0 cm³/mol. The summed E-state index contributed by atoms with van der Waals surface area (Å²) < 4.78 is -0.830. The molecule has 2 rings (SSSR count). The Kier molecular flexibility index (Phi) is 3.43. The fraction of sp³-hybridized carbons (Fsp3) is 0.0909. The first-order chi connectivity index (χ1) is 7.98. The largest absolute Gasteiger partial charge is 0.431 e. The van der Waals surface area contributed by atoms with Crippen molar-refractivity contribution in [1.29, 1.82) is 0 Å². The Hall–Kier alpha value is -1.03. The maximum absolute atomic E-state index is 11.4. The summed E-state index contributed by atoms with van der Waals surface area (Å²) in [5.41, 5.74) is 0.706. The molecule has 1 aromatic heterocycles. The van der Waals surface area contributed by atoms with Gasteiger partial charge in [-0.2, -0.15) is 4.84 Å². The number of carbonyl (C=O) groups excluding carboxylic acids is 1. The lowest BCUT2D eigenvalue weighted by Gasteiger charge is -2.05. The summed E-state index contributed by atoms with van der Waals surface area (Å²) in [6.07, 6.45) is 1.57. The highest BCUT2D eigenvalue weighted by Crippen LogP contribution is 2.26. The molecular weight excluding hydrogens is 284 g/mol. The number of hydrogen-bond acceptors (Lipinski definition) is 2. The third kappa shape index (κ3) is 2.80. The Morgan fingerprint density at radius 1 is 1.12 bits per heavy atom.